The number of halogens is 3. The Kier molecular flexibility index (Phi) is 10.9. The molecule has 2 atom stereocenters. The average Bonchev–Trinajstić information content (AvgIpc) is 2.91. The summed E-state index contributed by atoms with van der Waals surface area (Å²) in [6.07, 6.45) is 0.696. The van der Waals surface area contributed by atoms with Crippen molar-refractivity contribution in [1.82, 2.24) is 10.2 Å². The van der Waals surface area contributed by atoms with Gasteiger partial charge in [-0.15, -0.1) is 0 Å². The predicted molar refractivity (Wildman–Crippen MR) is 162 cm³/mol. The summed E-state index contributed by atoms with van der Waals surface area (Å²) in [7, 11) is -4.19. The lowest BCUT2D eigenvalue weighted by Gasteiger charge is -2.33. The van der Waals surface area contributed by atoms with Crippen molar-refractivity contribution >= 4 is 62.3 Å². The lowest BCUT2D eigenvalue weighted by atomic mass is 10.1. The smallest absolute Gasteiger partial charge is 0.264 e. The van der Waals surface area contributed by atoms with Crippen LogP contribution in [0.1, 0.15) is 38.3 Å². The molecule has 3 aromatic rings. The number of anilines is 1. The van der Waals surface area contributed by atoms with Crippen LogP contribution < -0.4 is 9.62 Å². The lowest BCUT2D eigenvalue weighted by Crippen LogP contribution is -2.52. The molecular formula is C29H32Cl3N3O4S. The standard InChI is InChI=1S/C29H32Cl3N3O4S/c1-5-20(3)33-29(37)21(4)34(17-24-25(31)12-9-13-26(24)32)28(36)18-35(27-15-14-22(30)16-19(27)2)40(38,39)23-10-7-6-8-11-23/h6-16,20-21H,5,17-18H2,1-4H3,(H,33,37). The average molecular weight is 625 g/mol. The van der Waals surface area contributed by atoms with Gasteiger partial charge >= 0.3 is 0 Å². The minimum atomic E-state index is -4.19. The van der Waals surface area contributed by atoms with E-state index in [1.54, 1.807) is 68.4 Å². The van der Waals surface area contributed by atoms with Crippen LogP contribution in [0.15, 0.2) is 71.6 Å². The van der Waals surface area contributed by atoms with E-state index in [0.717, 1.165) is 4.31 Å². The zero-order chi connectivity index (χ0) is 29.6. The highest BCUT2D eigenvalue weighted by Crippen LogP contribution is 2.30. The highest BCUT2D eigenvalue weighted by molar-refractivity contribution is 7.92. The van der Waals surface area contributed by atoms with Gasteiger partial charge in [-0.3, -0.25) is 13.9 Å². The number of rotatable bonds is 11. The number of hydrogen-bond acceptors (Lipinski definition) is 4. The lowest BCUT2D eigenvalue weighted by molar-refractivity contribution is -0.139. The monoisotopic (exact) mass is 623 g/mol. The summed E-state index contributed by atoms with van der Waals surface area (Å²) >= 11 is 19.0. The summed E-state index contributed by atoms with van der Waals surface area (Å²) in [4.78, 5) is 28.5. The Bertz CT molecular complexity index is 1450. The molecule has 7 nitrogen and oxygen atoms in total. The molecule has 0 aliphatic heterocycles. The second kappa shape index (κ2) is 13.7. The molecule has 214 valence electrons. The number of nitrogens with one attached hydrogen (secondary N) is 1. The summed E-state index contributed by atoms with van der Waals surface area (Å²) in [5.41, 5.74) is 1.29. The molecule has 0 spiro atoms. The second-order valence-corrected chi connectivity index (χ2v) is 12.6. The maximum Gasteiger partial charge on any atom is 0.264 e. The largest absolute Gasteiger partial charge is 0.352 e. The van der Waals surface area contributed by atoms with E-state index >= 15 is 0 Å². The Labute approximate surface area is 251 Å². The van der Waals surface area contributed by atoms with Crippen molar-refractivity contribution in [2.24, 2.45) is 0 Å². The molecule has 0 bridgehead atoms. The molecule has 40 heavy (non-hydrogen) atoms. The number of nitrogens with zero attached hydrogens (tertiary/aromatic N) is 2. The highest BCUT2D eigenvalue weighted by Gasteiger charge is 2.33. The molecule has 2 unspecified atom stereocenters. The molecule has 0 aromatic heterocycles. The van der Waals surface area contributed by atoms with Crippen molar-refractivity contribution in [3.63, 3.8) is 0 Å². The molecule has 0 fully saturated rings. The molecule has 0 radical (unpaired) electrons. The van der Waals surface area contributed by atoms with Crippen LogP contribution in [-0.2, 0) is 26.2 Å². The number of carbonyl (C=O) groups is 2. The van der Waals surface area contributed by atoms with Crippen molar-refractivity contribution < 1.29 is 18.0 Å². The zero-order valence-corrected chi connectivity index (χ0v) is 25.8. The van der Waals surface area contributed by atoms with Gasteiger partial charge in [0.1, 0.15) is 12.6 Å². The molecule has 3 aromatic carbocycles. The molecule has 0 saturated carbocycles. The molecule has 2 amide bonds. The number of carbonyl (C=O) groups excluding carboxylic acids is 2. The van der Waals surface area contributed by atoms with Gasteiger partial charge in [0.25, 0.3) is 10.0 Å². The first kappa shape index (κ1) is 31.7. The minimum Gasteiger partial charge on any atom is -0.352 e. The van der Waals surface area contributed by atoms with Gasteiger partial charge in [-0.25, -0.2) is 8.42 Å². The van der Waals surface area contributed by atoms with Crippen LogP contribution in [0.5, 0.6) is 0 Å². The Morgan fingerprint density at radius 2 is 1.55 bits per heavy atom. The third-order valence-electron chi connectivity index (χ3n) is 6.60. The Hall–Kier alpha value is -2.78. The molecule has 0 aliphatic carbocycles. The van der Waals surface area contributed by atoms with E-state index in [1.165, 1.54) is 17.0 Å². The summed E-state index contributed by atoms with van der Waals surface area (Å²) < 4.78 is 28.8. The highest BCUT2D eigenvalue weighted by atomic mass is 35.5. The van der Waals surface area contributed by atoms with Gasteiger partial charge in [-0.2, -0.15) is 0 Å². The van der Waals surface area contributed by atoms with E-state index < -0.39 is 28.5 Å². The minimum absolute atomic E-state index is 0.0143. The van der Waals surface area contributed by atoms with Gasteiger partial charge in [0.2, 0.25) is 11.8 Å². The van der Waals surface area contributed by atoms with Crippen molar-refractivity contribution in [3.8, 4) is 0 Å². The first-order valence-electron chi connectivity index (χ1n) is 12.7. The summed E-state index contributed by atoms with van der Waals surface area (Å²) in [5.74, 6) is -0.998. The van der Waals surface area contributed by atoms with Crippen molar-refractivity contribution in [3.05, 3.63) is 92.9 Å². The van der Waals surface area contributed by atoms with Gasteiger partial charge in [0, 0.05) is 33.2 Å². The molecule has 1 N–H and O–H groups in total. The fourth-order valence-electron chi connectivity index (χ4n) is 4.03. The second-order valence-electron chi connectivity index (χ2n) is 9.47. The van der Waals surface area contributed by atoms with Crippen LogP contribution in [0.2, 0.25) is 15.1 Å². The van der Waals surface area contributed by atoms with Crippen LogP contribution in [0, 0.1) is 6.92 Å². The third kappa shape index (κ3) is 7.49. The maximum absolute atomic E-state index is 14.0. The molecule has 0 aliphatic rings. The van der Waals surface area contributed by atoms with Crippen LogP contribution in [0.3, 0.4) is 0 Å². The quantitative estimate of drug-likeness (QED) is 0.265. The van der Waals surface area contributed by atoms with Crippen molar-refractivity contribution in [1.29, 1.82) is 0 Å². The predicted octanol–water partition coefficient (Wildman–Crippen LogP) is 6.48. The zero-order valence-electron chi connectivity index (χ0n) is 22.7. The van der Waals surface area contributed by atoms with Gasteiger partial charge < -0.3 is 10.2 Å². The Morgan fingerprint density at radius 3 is 2.12 bits per heavy atom. The fourth-order valence-corrected chi connectivity index (χ4v) is 6.28. The topological polar surface area (TPSA) is 86.8 Å². The molecule has 0 saturated heterocycles. The number of amides is 2. The maximum atomic E-state index is 14.0. The number of benzene rings is 3. The molecular weight excluding hydrogens is 593 g/mol. The summed E-state index contributed by atoms with van der Waals surface area (Å²) in [5, 5.41) is 3.96. The van der Waals surface area contributed by atoms with Gasteiger partial charge in [0.05, 0.1) is 10.6 Å². The Morgan fingerprint density at radius 1 is 0.925 bits per heavy atom. The van der Waals surface area contributed by atoms with Gasteiger partial charge in [-0.1, -0.05) is 66.0 Å². The van der Waals surface area contributed by atoms with Crippen molar-refractivity contribution in [2.45, 2.75) is 57.6 Å². The van der Waals surface area contributed by atoms with Crippen LogP contribution in [-0.4, -0.2) is 43.8 Å². The Balaban J connectivity index is 2.09. The molecule has 0 heterocycles. The van der Waals surface area contributed by atoms with Gasteiger partial charge in [-0.05, 0) is 75.2 Å². The number of sulfonamides is 1. The van der Waals surface area contributed by atoms with E-state index in [9.17, 15) is 18.0 Å². The van der Waals surface area contributed by atoms with E-state index in [0.29, 0.717) is 32.6 Å². The van der Waals surface area contributed by atoms with Crippen LogP contribution in [0.25, 0.3) is 0 Å². The fraction of sp³-hybridized carbons (Fsp3) is 0.310. The van der Waals surface area contributed by atoms with E-state index in [1.807, 2.05) is 13.8 Å². The van der Waals surface area contributed by atoms with E-state index in [-0.39, 0.29) is 29.1 Å². The molecule has 3 rings (SSSR count). The normalized spacial score (nSPS) is 12.9. The van der Waals surface area contributed by atoms with Gasteiger partial charge in [0.15, 0.2) is 0 Å². The van der Waals surface area contributed by atoms with Crippen LogP contribution in [0.4, 0.5) is 5.69 Å². The van der Waals surface area contributed by atoms with Crippen molar-refractivity contribution in [2.75, 3.05) is 10.8 Å². The summed E-state index contributed by atoms with van der Waals surface area (Å²) in [6.45, 7) is 6.41. The first-order valence-corrected chi connectivity index (χ1v) is 15.3. The van der Waals surface area contributed by atoms with E-state index in [2.05, 4.69) is 5.32 Å². The third-order valence-corrected chi connectivity index (χ3v) is 9.31. The SMILES string of the molecule is CCC(C)NC(=O)C(C)N(Cc1c(Cl)cccc1Cl)C(=O)CN(c1ccc(Cl)cc1C)S(=O)(=O)c1ccccc1. The first-order chi connectivity index (χ1) is 18.9. The number of aryl methyl sites for hydroxylation is 1. The van der Waals surface area contributed by atoms with E-state index in [4.69, 9.17) is 34.8 Å². The molecule has 11 heteroatoms. The summed E-state index contributed by atoms with van der Waals surface area (Å²) in [6, 6.07) is 16.4. The number of hydrogen-bond donors (Lipinski definition) is 1. The van der Waals surface area contributed by atoms with Crippen LogP contribution >= 0.6 is 34.8 Å².